The summed E-state index contributed by atoms with van der Waals surface area (Å²) in [6.07, 6.45) is 7.76. The third kappa shape index (κ3) is 4.32. The Morgan fingerprint density at radius 2 is 2.04 bits per heavy atom. The highest BCUT2D eigenvalue weighted by atomic mass is 32.1. The molecule has 0 atom stereocenters. The van der Waals surface area contributed by atoms with Gasteiger partial charge in [-0.2, -0.15) is 0 Å². The highest BCUT2D eigenvalue weighted by molar-refractivity contribution is 7.11. The molecule has 0 spiro atoms. The zero-order valence-corrected chi connectivity index (χ0v) is 17.4. The molecule has 4 rings (SSSR count). The summed E-state index contributed by atoms with van der Waals surface area (Å²) in [5.74, 6) is 1.40. The van der Waals surface area contributed by atoms with Crippen LogP contribution >= 0.6 is 11.3 Å². The molecule has 5 nitrogen and oxygen atoms in total. The van der Waals surface area contributed by atoms with Gasteiger partial charge in [-0.05, 0) is 56.6 Å². The minimum Gasteiger partial charge on any atom is -0.496 e. The van der Waals surface area contributed by atoms with Gasteiger partial charge >= 0.3 is 6.03 Å². The SMILES string of the molecule is COc1ccccc1CCNC(=O)N1CCC(c2nc3c(s2)CCCC3)CC1. The average molecular weight is 400 g/mol. The van der Waals surface area contributed by atoms with Crippen LogP contribution in [-0.2, 0) is 19.3 Å². The Hall–Kier alpha value is -2.08. The van der Waals surface area contributed by atoms with E-state index < -0.39 is 0 Å². The summed E-state index contributed by atoms with van der Waals surface area (Å²) < 4.78 is 5.38. The maximum absolute atomic E-state index is 12.5. The van der Waals surface area contributed by atoms with Gasteiger partial charge in [0.05, 0.1) is 17.8 Å². The Morgan fingerprint density at radius 1 is 1.25 bits per heavy atom. The molecule has 1 aromatic carbocycles. The van der Waals surface area contributed by atoms with Crippen molar-refractivity contribution in [1.82, 2.24) is 15.2 Å². The number of nitrogens with zero attached hydrogens (tertiary/aromatic N) is 2. The van der Waals surface area contributed by atoms with Gasteiger partial charge in [-0.1, -0.05) is 18.2 Å². The summed E-state index contributed by atoms with van der Waals surface area (Å²) in [5, 5.41) is 4.37. The van der Waals surface area contributed by atoms with Gasteiger partial charge in [0.15, 0.2) is 0 Å². The van der Waals surface area contributed by atoms with E-state index in [0.29, 0.717) is 12.5 Å². The first-order valence-electron chi connectivity index (χ1n) is 10.4. The first-order chi connectivity index (χ1) is 13.7. The number of nitrogens with one attached hydrogen (secondary N) is 1. The molecule has 0 saturated carbocycles. The molecule has 1 saturated heterocycles. The highest BCUT2D eigenvalue weighted by Gasteiger charge is 2.27. The second kappa shape index (κ2) is 8.95. The van der Waals surface area contributed by atoms with E-state index >= 15 is 0 Å². The predicted octanol–water partition coefficient (Wildman–Crippen LogP) is 4.16. The monoisotopic (exact) mass is 399 g/mol. The smallest absolute Gasteiger partial charge is 0.317 e. The molecule has 1 N–H and O–H groups in total. The number of piperidine rings is 1. The molecule has 0 radical (unpaired) electrons. The Labute approximate surface area is 171 Å². The number of likely N-dealkylation sites (tertiary alicyclic amines) is 1. The zero-order valence-electron chi connectivity index (χ0n) is 16.6. The predicted molar refractivity (Wildman–Crippen MR) is 112 cm³/mol. The van der Waals surface area contributed by atoms with Crippen molar-refractivity contribution in [1.29, 1.82) is 0 Å². The number of benzene rings is 1. The average Bonchev–Trinajstić information content (AvgIpc) is 3.18. The number of aromatic nitrogens is 1. The number of para-hydroxylation sites is 1. The van der Waals surface area contributed by atoms with Crippen LogP contribution in [0.2, 0.25) is 0 Å². The maximum Gasteiger partial charge on any atom is 0.317 e. The third-order valence-electron chi connectivity index (χ3n) is 5.86. The van der Waals surface area contributed by atoms with Gasteiger partial charge in [-0.25, -0.2) is 9.78 Å². The number of fused-ring (bicyclic) bond motifs is 1. The van der Waals surface area contributed by atoms with E-state index in [1.807, 2.05) is 40.5 Å². The number of ether oxygens (including phenoxy) is 1. The molecule has 1 aliphatic heterocycles. The Bertz CT molecular complexity index is 788. The fourth-order valence-corrected chi connectivity index (χ4v) is 5.52. The molecule has 1 aliphatic carbocycles. The van der Waals surface area contributed by atoms with Gasteiger partial charge in [0.25, 0.3) is 0 Å². The van der Waals surface area contributed by atoms with Gasteiger partial charge < -0.3 is 15.0 Å². The molecule has 2 aromatic rings. The van der Waals surface area contributed by atoms with Crippen molar-refractivity contribution in [3.8, 4) is 5.75 Å². The number of hydrogen-bond donors (Lipinski definition) is 1. The fraction of sp³-hybridized carbons (Fsp3) is 0.545. The number of urea groups is 1. The molecular formula is C22H29N3O2S. The Balaban J connectivity index is 1.24. The number of thiazole rings is 1. The van der Waals surface area contributed by atoms with Gasteiger partial charge in [-0.15, -0.1) is 11.3 Å². The lowest BCUT2D eigenvalue weighted by molar-refractivity contribution is 0.181. The fourth-order valence-electron chi connectivity index (χ4n) is 4.20. The van der Waals surface area contributed by atoms with Crippen molar-refractivity contribution in [2.24, 2.45) is 0 Å². The number of carbonyl (C=O) groups excluding carboxylic acids is 1. The van der Waals surface area contributed by atoms with Gasteiger partial charge in [0.2, 0.25) is 0 Å². The standard InChI is InChI=1S/C22H29N3O2S/c1-27-19-8-4-2-6-16(19)10-13-23-22(26)25-14-11-17(12-15-25)21-24-18-7-3-5-9-20(18)28-21/h2,4,6,8,17H,3,5,7,9-15H2,1H3,(H,23,26). The van der Waals surface area contributed by atoms with Crippen molar-refractivity contribution in [2.45, 2.75) is 50.9 Å². The number of carbonyl (C=O) groups is 1. The molecular weight excluding hydrogens is 370 g/mol. The third-order valence-corrected chi connectivity index (χ3v) is 7.18. The van der Waals surface area contributed by atoms with Crippen molar-refractivity contribution < 1.29 is 9.53 Å². The summed E-state index contributed by atoms with van der Waals surface area (Å²) in [6.45, 7) is 2.25. The van der Waals surface area contributed by atoms with Crippen LogP contribution in [0.5, 0.6) is 5.75 Å². The summed E-state index contributed by atoms with van der Waals surface area (Å²) in [4.78, 5) is 20.9. The normalized spacial score (nSPS) is 17.2. The van der Waals surface area contributed by atoms with Gasteiger partial charge in [0, 0.05) is 30.4 Å². The first-order valence-corrected chi connectivity index (χ1v) is 11.2. The van der Waals surface area contributed by atoms with Crippen LogP contribution < -0.4 is 10.1 Å². The highest BCUT2D eigenvalue weighted by Crippen LogP contribution is 2.35. The van der Waals surface area contributed by atoms with Crippen molar-refractivity contribution >= 4 is 17.4 Å². The van der Waals surface area contributed by atoms with Crippen LogP contribution in [0.3, 0.4) is 0 Å². The van der Waals surface area contributed by atoms with E-state index in [4.69, 9.17) is 9.72 Å². The lowest BCUT2D eigenvalue weighted by Crippen LogP contribution is -2.44. The molecule has 2 aliphatic rings. The maximum atomic E-state index is 12.5. The minimum atomic E-state index is 0.0479. The molecule has 6 heteroatoms. The number of methoxy groups -OCH3 is 1. The minimum absolute atomic E-state index is 0.0479. The van der Waals surface area contributed by atoms with Crippen LogP contribution in [0.4, 0.5) is 4.79 Å². The molecule has 150 valence electrons. The van der Waals surface area contributed by atoms with Crippen LogP contribution in [0.1, 0.15) is 52.7 Å². The number of amides is 2. The number of rotatable bonds is 5. The number of aryl methyl sites for hydroxylation is 2. The largest absolute Gasteiger partial charge is 0.496 e. The first kappa shape index (κ1) is 19.2. The second-order valence-corrected chi connectivity index (χ2v) is 8.80. The quantitative estimate of drug-likeness (QED) is 0.821. The molecule has 1 fully saturated rings. The molecule has 2 amide bonds. The van der Waals surface area contributed by atoms with E-state index in [2.05, 4.69) is 5.32 Å². The molecule has 1 aromatic heterocycles. The lowest BCUT2D eigenvalue weighted by Gasteiger charge is -2.31. The van der Waals surface area contributed by atoms with Gasteiger partial charge in [-0.3, -0.25) is 0 Å². The Morgan fingerprint density at radius 3 is 2.82 bits per heavy atom. The molecule has 0 unspecified atom stereocenters. The van der Waals surface area contributed by atoms with Crippen LogP contribution in [0.25, 0.3) is 0 Å². The zero-order chi connectivity index (χ0) is 19.3. The van der Waals surface area contributed by atoms with Crippen molar-refractivity contribution in [2.75, 3.05) is 26.7 Å². The van der Waals surface area contributed by atoms with Crippen molar-refractivity contribution in [3.05, 3.63) is 45.4 Å². The van der Waals surface area contributed by atoms with Crippen LogP contribution in [0.15, 0.2) is 24.3 Å². The second-order valence-electron chi connectivity index (χ2n) is 7.68. The van der Waals surface area contributed by atoms with Crippen LogP contribution in [0, 0.1) is 0 Å². The number of hydrogen-bond acceptors (Lipinski definition) is 4. The Kier molecular flexibility index (Phi) is 6.15. The van der Waals surface area contributed by atoms with E-state index in [1.165, 1.54) is 34.8 Å². The molecule has 0 bridgehead atoms. The van der Waals surface area contributed by atoms with E-state index in [-0.39, 0.29) is 6.03 Å². The summed E-state index contributed by atoms with van der Waals surface area (Å²) in [7, 11) is 1.68. The summed E-state index contributed by atoms with van der Waals surface area (Å²) >= 11 is 1.92. The van der Waals surface area contributed by atoms with E-state index in [1.54, 1.807) is 7.11 Å². The van der Waals surface area contributed by atoms with Crippen molar-refractivity contribution in [3.63, 3.8) is 0 Å². The summed E-state index contributed by atoms with van der Waals surface area (Å²) in [6, 6.07) is 8.01. The van der Waals surface area contributed by atoms with E-state index in [9.17, 15) is 4.79 Å². The summed E-state index contributed by atoms with van der Waals surface area (Å²) in [5.41, 5.74) is 2.47. The lowest BCUT2D eigenvalue weighted by atomic mass is 9.97. The topological polar surface area (TPSA) is 54.5 Å². The van der Waals surface area contributed by atoms with E-state index in [0.717, 1.165) is 50.1 Å². The molecule has 2 heterocycles. The van der Waals surface area contributed by atoms with Crippen LogP contribution in [-0.4, -0.2) is 42.7 Å². The van der Waals surface area contributed by atoms with Gasteiger partial charge in [0.1, 0.15) is 5.75 Å². The molecule has 28 heavy (non-hydrogen) atoms.